The normalized spacial score (nSPS) is 25.6. The second-order valence-corrected chi connectivity index (χ2v) is 4.87. The second-order valence-electron chi connectivity index (χ2n) is 4.87. The molecule has 3 heterocycles. The van der Waals surface area contributed by atoms with Gasteiger partial charge in [0.1, 0.15) is 0 Å². The smallest absolute Gasteiger partial charge is 0.290 e. The molecular formula is C12H18N4O. The number of fused-ring (bicyclic) bond motifs is 1. The van der Waals surface area contributed by atoms with Crippen LogP contribution in [0.15, 0.2) is 17.2 Å². The summed E-state index contributed by atoms with van der Waals surface area (Å²) in [6, 6.07) is 0.610. The molecule has 1 aromatic rings. The van der Waals surface area contributed by atoms with Crippen LogP contribution in [0.2, 0.25) is 0 Å². The first-order chi connectivity index (χ1) is 8.34. The first-order valence-corrected chi connectivity index (χ1v) is 6.37. The Kier molecular flexibility index (Phi) is 2.84. The molecule has 2 aliphatic rings. The molecule has 1 unspecified atom stereocenters. The van der Waals surface area contributed by atoms with Gasteiger partial charge in [-0.15, -0.1) is 0 Å². The first-order valence-electron chi connectivity index (χ1n) is 6.37. The van der Waals surface area contributed by atoms with E-state index in [9.17, 15) is 4.79 Å². The molecule has 0 radical (unpaired) electrons. The Morgan fingerprint density at radius 2 is 2.18 bits per heavy atom. The topological polar surface area (TPSA) is 52.2 Å². The number of aromatic nitrogens is 2. The van der Waals surface area contributed by atoms with Crippen molar-refractivity contribution in [3.63, 3.8) is 0 Å². The van der Waals surface area contributed by atoms with Crippen LogP contribution in [0.4, 0.5) is 5.82 Å². The van der Waals surface area contributed by atoms with Crippen LogP contribution in [0.1, 0.15) is 19.3 Å². The van der Waals surface area contributed by atoms with Gasteiger partial charge in [0.25, 0.3) is 5.56 Å². The van der Waals surface area contributed by atoms with E-state index in [0.29, 0.717) is 11.9 Å². The maximum absolute atomic E-state index is 11.7. The lowest BCUT2D eigenvalue weighted by atomic mass is 10.2. The van der Waals surface area contributed by atoms with Gasteiger partial charge >= 0.3 is 0 Å². The number of hydrogen-bond acceptors (Lipinski definition) is 4. The number of aromatic amines is 1. The summed E-state index contributed by atoms with van der Waals surface area (Å²) in [5.74, 6) is 0.584. The molecule has 2 saturated heterocycles. The van der Waals surface area contributed by atoms with Crippen LogP contribution in [0.3, 0.4) is 0 Å². The van der Waals surface area contributed by atoms with Crippen LogP contribution in [-0.4, -0.2) is 47.1 Å². The van der Waals surface area contributed by atoms with Crippen molar-refractivity contribution in [1.29, 1.82) is 0 Å². The summed E-state index contributed by atoms with van der Waals surface area (Å²) in [6.45, 7) is 4.26. The van der Waals surface area contributed by atoms with E-state index in [0.717, 1.165) is 26.1 Å². The molecule has 1 aromatic heterocycles. The van der Waals surface area contributed by atoms with E-state index in [1.165, 1.54) is 19.4 Å². The zero-order chi connectivity index (χ0) is 11.7. The Bertz CT molecular complexity index is 444. The van der Waals surface area contributed by atoms with Crippen molar-refractivity contribution in [2.75, 3.05) is 31.1 Å². The van der Waals surface area contributed by atoms with Crippen molar-refractivity contribution in [2.24, 2.45) is 0 Å². The maximum Gasteiger partial charge on any atom is 0.290 e. The SMILES string of the molecule is O=c1[nH]ccnc1N1CCCN2CCCC2C1. The monoisotopic (exact) mass is 234 g/mol. The van der Waals surface area contributed by atoms with E-state index in [-0.39, 0.29) is 5.56 Å². The Morgan fingerprint density at radius 3 is 3.06 bits per heavy atom. The summed E-state index contributed by atoms with van der Waals surface area (Å²) < 4.78 is 0. The minimum Gasteiger partial charge on any atom is -0.350 e. The highest BCUT2D eigenvalue weighted by atomic mass is 16.1. The average molecular weight is 234 g/mol. The zero-order valence-electron chi connectivity index (χ0n) is 9.93. The van der Waals surface area contributed by atoms with Crippen LogP contribution in [0, 0.1) is 0 Å². The molecule has 2 aliphatic heterocycles. The van der Waals surface area contributed by atoms with Crippen molar-refractivity contribution in [1.82, 2.24) is 14.9 Å². The van der Waals surface area contributed by atoms with Crippen LogP contribution in [0.25, 0.3) is 0 Å². The van der Waals surface area contributed by atoms with Gasteiger partial charge in [-0.25, -0.2) is 4.98 Å². The molecule has 17 heavy (non-hydrogen) atoms. The summed E-state index contributed by atoms with van der Waals surface area (Å²) in [5, 5.41) is 0. The standard InChI is InChI=1S/C12H18N4O/c17-12-11(13-4-5-14-12)16-8-2-7-15-6-1-3-10(15)9-16/h4-5,10H,1-3,6-9H2,(H,14,17). The van der Waals surface area contributed by atoms with Crippen molar-refractivity contribution >= 4 is 5.82 Å². The van der Waals surface area contributed by atoms with Crippen LogP contribution in [0.5, 0.6) is 0 Å². The molecule has 0 amide bonds. The lowest BCUT2D eigenvalue weighted by Gasteiger charge is -2.25. The largest absolute Gasteiger partial charge is 0.350 e. The van der Waals surface area contributed by atoms with E-state index in [1.807, 2.05) is 0 Å². The summed E-state index contributed by atoms with van der Waals surface area (Å²) >= 11 is 0. The molecule has 92 valence electrons. The minimum absolute atomic E-state index is 0.0704. The number of hydrogen-bond donors (Lipinski definition) is 1. The third-order valence-corrected chi connectivity index (χ3v) is 3.79. The van der Waals surface area contributed by atoms with E-state index < -0.39 is 0 Å². The molecule has 0 spiro atoms. The third kappa shape index (κ3) is 2.07. The summed E-state index contributed by atoms with van der Waals surface area (Å²) in [6.07, 6.45) is 6.91. The Labute approximate surface area is 100 Å². The predicted molar refractivity (Wildman–Crippen MR) is 66.3 cm³/mol. The molecule has 2 fully saturated rings. The molecule has 0 bridgehead atoms. The molecule has 3 rings (SSSR count). The molecule has 1 N–H and O–H groups in total. The van der Waals surface area contributed by atoms with E-state index in [2.05, 4.69) is 19.8 Å². The van der Waals surface area contributed by atoms with Gasteiger partial charge in [0, 0.05) is 38.1 Å². The molecular weight excluding hydrogens is 216 g/mol. The van der Waals surface area contributed by atoms with Gasteiger partial charge in [-0.3, -0.25) is 9.69 Å². The van der Waals surface area contributed by atoms with E-state index >= 15 is 0 Å². The third-order valence-electron chi connectivity index (χ3n) is 3.79. The molecule has 0 aliphatic carbocycles. The van der Waals surface area contributed by atoms with Gasteiger partial charge in [0.05, 0.1) is 0 Å². The molecule has 1 atom stereocenters. The highest BCUT2D eigenvalue weighted by Gasteiger charge is 2.29. The quantitative estimate of drug-likeness (QED) is 0.766. The molecule has 0 saturated carbocycles. The van der Waals surface area contributed by atoms with Crippen molar-refractivity contribution in [3.8, 4) is 0 Å². The fourth-order valence-electron chi connectivity index (χ4n) is 2.97. The van der Waals surface area contributed by atoms with Gasteiger partial charge in [0.2, 0.25) is 0 Å². The number of rotatable bonds is 1. The fourth-order valence-corrected chi connectivity index (χ4v) is 2.97. The van der Waals surface area contributed by atoms with Crippen molar-refractivity contribution in [2.45, 2.75) is 25.3 Å². The number of nitrogens with zero attached hydrogens (tertiary/aromatic N) is 3. The number of anilines is 1. The highest BCUT2D eigenvalue weighted by molar-refractivity contribution is 5.35. The number of nitrogens with one attached hydrogen (secondary N) is 1. The van der Waals surface area contributed by atoms with Crippen LogP contribution >= 0.6 is 0 Å². The van der Waals surface area contributed by atoms with Gasteiger partial charge < -0.3 is 9.88 Å². The first kappa shape index (κ1) is 10.8. The summed E-state index contributed by atoms with van der Waals surface area (Å²) in [4.78, 5) is 23.4. The predicted octanol–water partition coefficient (Wildman–Crippen LogP) is 0.444. The Balaban J connectivity index is 1.84. The van der Waals surface area contributed by atoms with Gasteiger partial charge in [-0.2, -0.15) is 0 Å². The molecule has 5 heteroatoms. The van der Waals surface area contributed by atoms with E-state index in [1.54, 1.807) is 12.4 Å². The second kappa shape index (κ2) is 4.49. The lowest BCUT2D eigenvalue weighted by Crippen LogP contribution is -2.39. The summed E-state index contributed by atoms with van der Waals surface area (Å²) in [5.41, 5.74) is -0.0704. The van der Waals surface area contributed by atoms with Gasteiger partial charge in [0.15, 0.2) is 5.82 Å². The van der Waals surface area contributed by atoms with Gasteiger partial charge in [-0.05, 0) is 25.8 Å². The lowest BCUT2D eigenvalue weighted by molar-refractivity contribution is 0.273. The molecule has 0 aromatic carbocycles. The minimum atomic E-state index is -0.0704. The van der Waals surface area contributed by atoms with Crippen molar-refractivity contribution < 1.29 is 0 Å². The summed E-state index contributed by atoms with van der Waals surface area (Å²) in [7, 11) is 0. The Morgan fingerprint density at radius 1 is 1.29 bits per heavy atom. The zero-order valence-corrected chi connectivity index (χ0v) is 9.93. The maximum atomic E-state index is 11.7. The fraction of sp³-hybridized carbons (Fsp3) is 0.667. The van der Waals surface area contributed by atoms with E-state index in [4.69, 9.17) is 0 Å². The van der Waals surface area contributed by atoms with Crippen LogP contribution in [-0.2, 0) is 0 Å². The molecule has 5 nitrogen and oxygen atoms in total. The number of H-pyrrole nitrogens is 1. The highest BCUT2D eigenvalue weighted by Crippen LogP contribution is 2.22. The Hall–Kier alpha value is -1.36. The average Bonchev–Trinajstić information content (AvgIpc) is 2.68. The van der Waals surface area contributed by atoms with Gasteiger partial charge in [-0.1, -0.05) is 0 Å². The van der Waals surface area contributed by atoms with Crippen molar-refractivity contribution in [3.05, 3.63) is 22.7 Å². The van der Waals surface area contributed by atoms with Crippen LogP contribution < -0.4 is 10.5 Å².